The number of hydrogen-bond donors (Lipinski definition) is 0. The Hall–Kier alpha value is -2.46. The van der Waals surface area contributed by atoms with Gasteiger partial charge in [0, 0.05) is 19.1 Å². The largest absolute Gasteiger partial charge is 0.427 e. The van der Waals surface area contributed by atoms with Crippen molar-refractivity contribution in [2.24, 2.45) is 5.92 Å². The molecule has 1 aromatic heterocycles. The number of fused-ring (bicyclic) bond motifs is 2. The van der Waals surface area contributed by atoms with Crippen LogP contribution in [0.1, 0.15) is 49.1 Å². The van der Waals surface area contributed by atoms with Crippen LogP contribution in [0.4, 0.5) is 0 Å². The van der Waals surface area contributed by atoms with E-state index in [0.29, 0.717) is 5.89 Å². The van der Waals surface area contributed by atoms with Gasteiger partial charge in [-0.05, 0) is 42.7 Å². The maximum Gasteiger partial charge on any atom is 0.231 e. The van der Waals surface area contributed by atoms with Crippen molar-refractivity contribution in [3.63, 3.8) is 0 Å². The number of benzene rings is 2. The highest BCUT2D eigenvalue weighted by Crippen LogP contribution is 2.43. The average molecular weight is 374 g/mol. The summed E-state index contributed by atoms with van der Waals surface area (Å²) in [5.74, 6) is 1.58. The summed E-state index contributed by atoms with van der Waals surface area (Å²) in [5, 5.41) is 8.46. The lowest BCUT2D eigenvalue weighted by atomic mass is 9.71. The summed E-state index contributed by atoms with van der Waals surface area (Å²) < 4.78 is 5.87. The van der Waals surface area contributed by atoms with Crippen molar-refractivity contribution >= 4 is 0 Å². The Morgan fingerprint density at radius 1 is 0.964 bits per heavy atom. The predicted molar refractivity (Wildman–Crippen MR) is 109 cm³/mol. The van der Waals surface area contributed by atoms with Crippen molar-refractivity contribution in [2.45, 2.75) is 43.6 Å². The molecule has 0 spiro atoms. The second-order valence-corrected chi connectivity index (χ2v) is 8.31. The molecule has 2 atom stereocenters. The molecule has 2 aromatic carbocycles. The van der Waals surface area contributed by atoms with Crippen LogP contribution in [-0.4, -0.2) is 34.2 Å². The van der Waals surface area contributed by atoms with Gasteiger partial charge in [0.25, 0.3) is 0 Å². The first kappa shape index (κ1) is 17.6. The lowest BCUT2D eigenvalue weighted by Gasteiger charge is -2.34. The van der Waals surface area contributed by atoms with E-state index < -0.39 is 5.41 Å². The second kappa shape index (κ2) is 7.51. The molecule has 2 unspecified atom stereocenters. The summed E-state index contributed by atoms with van der Waals surface area (Å²) >= 11 is 0. The first-order chi connectivity index (χ1) is 13.9. The molecule has 1 saturated heterocycles. The fourth-order valence-corrected chi connectivity index (χ4v) is 5.44. The molecule has 1 aliphatic carbocycles. The molecule has 144 valence electrons. The third kappa shape index (κ3) is 3.06. The highest BCUT2D eigenvalue weighted by Gasteiger charge is 2.43. The second-order valence-electron chi connectivity index (χ2n) is 8.31. The molecular formula is C24H27N3O. The van der Waals surface area contributed by atoms with Crippen molar-refractivity contribution in [1.82, 2.24) is 15.1 Å². The van der Waals surface area contributed by atoms with Gasteiger partial charge in [-0.2, -0.15) is 0 Å². The van der Waals surface area contributed by atoms with E-state index in [-0.39, 0.29) is 0 Å². The fraction of sp³-hybridized carbons (Fsp3) is 0.417. The third-order valence-corrected chi connectivity index (χ3v) is 6.80. The molecule has 4 heteroatoms. The van der Waals surface area contributed by atoms with Gasteiger partial charge in [0.15, 0.2) is 0 Å². The molecule has 3 aromatic rings. The normalized spacial score (nSPS) is 22.4. The SMILES string of the molecule is c1ccc(C(CCN2CC3CCCC2C3)(c2ccccc2)c2nnco2)cc1. The van der Waals surface area contributed by atoms with E-state index in [9.17, 15) is 0 Å². The molecule has 0 radical (unpaired) electrons. The highest BCUT2D eigenvalue weighted by molar-refractivity contribution is 5.45. The van der Waals surface area contributed by atoms with Gasteiger partial charge in [-0.25, -0.2) is 0 Å². The minimum Gasteiger partial charge on any atom is -0.427 e. The number of likely N-dealkylation sites (tertiary alicyclic amines) is 1. The van der Waals surface area contributed by atoms with E-state index in [4.69, 9.17) is 4.42 Å². The zero-order chi connectivity index (χ0) is 18.8. The van der Waals surface area contributed by atoms with Crippen LogP contribution in [0.5, 0.6) is 0 Å². The number of hydrogen-bond acceptors (Lipinski definition) is 4. The third-order valence-electron chi connectivity index (χ3n) is 6.80. The van der Waals surface area contributed by atoms with Crippen molar-refractivity contribution in [3.05, 3.63) is 84.1 Å². The van der Waals surface area contributed by atoms with Crippen molar-refractivity contribution in [2.75, 3.05) is 13.1 Å². The van der Waals surface area contributed by atoms with E-state index in [1.165, 1.54) is 49.7 Å². The summed E-state index contributed by atoms with van der Waals surface area (Å²) in [5.41, 5.74) is 2.01. The van der Waals surface area contributed by atoms with Gasteiger partial charge >= 0.3 is 0 Å². The minimum absolute atomic E-state index is 0.421. The van der Waals surface area contributed by atoms with Crippen molar-refractivity contribution < 1.29 is 4.42 Å². The van der Waals surface area contributed by atoms with E-state index >= 15 is 0 Å². The zero-order valence-corrected chi connectivity index (χ0v) is 16.2. The summed E-state index contributed by atoms with van der Waals surface area (Å²) in [4.78, 5) is 2.72. The zero-order valence-electron chi connectivity index (χ0n) is 16.2. The number of rotatable bonds is 6. The average Bonchev–Trinajstić information content (AvgIpc) is 3.39. The molecule has 1 saturated carbocycles. The topological polar surface area (TPSA) is 42.2 Å². The molecule has 4 nitrogen and oxygen atoms in total. The van der Waals surface area contributed by atoms with E-state index in [1.54, 1.807) is 0 Å². The number of aromatic nitrogens is 2. The molecule has 0 N–H and O–H groups in total. The Morgan fingerprint density at radius 2 is 1.68 bits per heavy atom. The molecule has 1 aliphatic heterocycles. The molecule has 2 bridgehead atoms. The fourth-order valence-electron chi connectivity index (χ4n) is 5.44. The van der Waals surface area contributed by atoms with E-state index in [0.717, 1.165) is 24.9 Å². The van der Waals surface area contributed by atoms with Crippen LogP contribution in [0.2, 0.25) is 0 Å². The Morgan fingerprint density at radius 3 is 2.29 bits per heavy atom. The van der Waals surface area contributed by atoms with Crippen LogP contribution >= 0.6 is 0 Å². The van der Waals surface area contributed by atoms with E-state index in [2.05, 4.69) is 75.8 Å². The van der Waals surface area contributed by atoms with Gasteiger partial charge < -0.3 is 9.32 Å². The Labute approximate surface area is 166 Å². The smallest absolute Gasteiger partial charge is 0.231 e. The monoisotopic (exact) mass is 373 g/mol. The summed E-state index contributed by atoms with van der Waals surface area (Å²) in [6, 6.07) is 22.1. The summed E-state index contributed by atoms with van der Waals surface area (Å²) in [6.07, 6.45) is 7.91. The Balaban J connectivity index is 1.56. The highest BCUT2D eigenvalue weighted by atomic mass is 16.4. The van der Waals surface area contributed by atoms with Gasteiger partial charge in [0.1, 0.15) is 0 Å². The lowest BCUT2D eigenvalue weighted by molar-refractivity contribution is 0.224. The van der Waals surface area contributed by atoms with Crippen LogP contribution in [-0.2, 0) is 5.41 Å². The Kier molecular flexibility index (Phi) is 4.73. The maximum atomic E-state index is 5.87. The molecule has 2 heterocycles. The van der Waals surface area contributed by atoms with Gasteiger partial charge in [0.05, 0.1) is 5.41 Å². The van der Waals surface area contributed by atoms with Crippen molar-refractivity contribution in [1.29, 1.82) is 0 Å². The summed E-state index contributed by atoms with van der Waals surface area (Å²) in [6.45, 7) is 2.29. The van der Waals surface area contributed by atoms with Gasteiger partial charge in [-0.3, -0.25) is 0 Å². The standard InChI is InChI=1S/C24H27N3O/c1-3-9-20(10-4-1)24(23-26-25-18-28-23,21-11-5-2-6-12-21)14-15-27-17-19-8-7-13-22(27)16-19/h1-6,9-12,18-19,22H,7-8,13-17H2. The predicted octanol–water partition coefficient (Wildman–Crippen LogP) is 4.67. The molecule has 5 rings (SSSR count). The molecule has 2 aliphatic rings. The number of nitrogens with zero attached hydrogens (tertiary/aromatic N) is 3. The molecule has 0 amide bonds. The quantitative estimate of drug-likeness (QED) is 0.630. The van der Waals surface area contributed by atoms with Crippen LogP contribution in [0.25, 0.3) is 0 Å². The van der Waals surface area contributed by atoms with Crippen LogP contribution in [0.3, 0.4) is 0 Å². The molecular weight excluding hydrogens is 346 g/mol. The van der Waals surface area contributed by atoms with Crippen LogP contribution in [0, 0.1) is 5.92 Å². The maximum absolute atomic E-state index is 5.87. The van der Waals surface area contributed by atoms with Gasteiger partial charge in [-0.15, -0.1) is 10.2 Å². The first-order valence-corrected chi connectivity index (χ1v) is 10.5. The Bertz CT molecular complexity index is 839. The summed E-state index contributed by atoms with van der Waals surface area (Å²) in [7, 11) is 0. The first-order valence-electron chi connectivity index (χ1n) is 10.5. The van der Waals surface area contributed by atoms with Gasteiger partial charge in [-0.1, -0.05) is 67.1 Å². The molecule has 2 fully saturated rings. The molecule has 28 heavy (non-hydrogen) atoms. The van der Waals surface area contributed by atoms with Crippen LogP contribution < -0.4 is 0 Å². The van der Waals surface area contributed by atoms with Gasteiger partial charge in [0.2, 0.25) is 12.3 Å². The minimum atomic E-state index is -0.421. The van der Waals surface area contributed by atoms with Crippen molar-refractivity contribution in [3.8, 4) is 0 Å². The van der Waals surface area contributed by atoms with E-state index in [1.807, 2.05) is 0 Å². The lowest BCUT2D eigenvalue weighted by Crippen LogP contribution is -2.37. The van der Waals surface area contributed by atoms with Crippen LogP contribution in [0.15, 0.2) is 71.5 Å².